The monoisotopic (exact) mass is 402 g/mol. The van der Waals surface area contributed by atoms with Crippen molar-refractivity contribution >= 4 is 48.2 Å². The highest BCUT2D eigenvalue weighted by Gasteiger charge is 2.16. The van der Waals surface area contributed by atoms with Crippen molar-refractivity contribution in [3.63, 3.8) is 0 Å². The average molecular weight is 403 g/mol. The molecule has 0 saturated heterocycles. The van der Waals surface area contributed by atoms with E-state index in [9.17, 15) is 12.8 Å². The number of H-pyrrole nitrogens is 1. The van der Waals surface area contributed by atoms with Gasteiger partial charge in [0.2, 0.25) is 10.0 Å². The summed E-state index contributed by atoms with van der Waals surface area (Å²) in [6.07, 6.45) is 2.26. The summed E-state index contributed by atoms with van der Waals surface area (Å²) in [6.45, 7) is 0.251. The van der Waals surface area contributed by atoms with Gasteiger partial charge in [-0.2, -0.15) is 0 Å². The van der Waals surface area contributed by atoms with Gasteiger partial charge in [-0.3, -0.25) is 0 Å². The van der Waals surface area contributed by atoms with Crippen LogP contribution in [0.4, 0.5) is 4.39 Å². The number of thiophene rings is 1. The third-order valence-electron chi connectivity index (χ3n) is 3.23. The zero-order valence-electron chi connectivity index (χ0n) is 11.3. The number of aromatic amines is 1. The molecule has 3 rings (SSSR count). The molecule has 2 aromatic heterocycles. The van der Waals surface area contributed by atoms with Crippen LogP contribution in [0, 0.1) is 5.82 Å². The van der Waals surface area contributed by atoms with E-state index in [0.717, 1.165) is 31.6 Å². The van der Waals surface area contributed by atoms with Gasteiger partial charge in [0.05, 0.1) is 3.79 Å². The van der Waals surface area contributed by atoms with Gasteiger partial charge in [0.15, 0.2) is 0 Å². The lowest BCUT2D eigenvalue weighted by molar-refractivity contribution is 0.584. The number of benzene rings is 1. The molecule has 2 heterocycles. The van der Waals surface area contributed by atoms with Crippen molar-refractivity contribution in [2.75, 3.05) is 6.54 Å². The van der Waals surface area contributed by atoms with Crippen LogP contribution in [-0.4, -0.2) is 19.9 Å². The molecule has 0 aliphatic heterocycles. The Balaban J connectivity index is 1.71. The zero-order valence-corrected chi connectivity index (χ0v) is 14.5. The van der Waals surface area contributed by atoms with Crippen LogP contribution in [-0.2, 0) is 16.4 Å². The van der Waals surface area contributed by atoms with Crippen LogP contribution in [0.3, 0.4) is 0 Å². The van der Waals surface area contributed by atoms with Crippen molar-refractivity contribution in [1.29, 1.82) is 0 Å². The van der Waals surface area contributed by atoms with Crippen molar-refractivity contribution in [3.05, 3.63) is 51.7 Å². The highest BCUT2D eigenvalue weighted by molar-refractivity contribution is 9.11. The molecule has 0 aliphatic rings. The number of sulfonamides is 1. The van der Waals surface area contributed by atoms with Crippen LogP contribution >= 0.6 is 27.3 Å². The molecule has 0 radical (unpaired) electrons. The van der Waals surface area contributed by atoms with E-state index in [2.05, 4.69) is 25.6 Å². The number of hydrogen-bond donors (Lipinski definition) is 2. The number of halogens is 2. The first kappa shape index (κ1) is 15.7. The molecule has 0 amide bonds. The van der Waals surface area contributed by atoms with Crippen molar-refractivity contribution < 1.29 is 12.8 Å². The van der Waals surface area contributed by atoms with Gasteiger partial charge in [-0.1, -0.05) is 0 Å². The first-order valence-corrected chi connectivity index (χ1v) is 9.55. The van der Waals surface area contributed by atoms with Gasteiger partial charge in [0, 0.05) is 23.6 Å². The van der Waals surface area contributed by atoms with Crippen molar-refractivity contribution in [2.24, 2.45) is 0 Å². The van der Waals surface area contributed by atoms with E-state index in [-0.39, 0.29) is 16.6 Å². The minimum absolute atomic E-state index is 0.251. The topological polar surface area (TPSA) is 62.0 Å². The molecule has 0 saturated carbocycles. The summed E-state index contributed by atoms with van der Waals surface area (Å²) < 4.78 is 41.1. The summed E-state index contributed by atoms with van der Waals surface area (Å²) in [6, 6.07) is 7.76. The first-order valence-electron chi connectivity index (χ1n) is 6.46. The Morgan fingerprint density at radius 3 is 2.82 bits per heavy atom. The molecule has 8 heteroatoms. The molecule has 0 atom stereocenters. The van der Waals surface area contributed by atoms with E-state index in [1.165, 1.54) is 12.1 Å². The van der Waals surface area contributed by atoms with E-state index in [4.69, 9.17) is 0 Å². The largest absolute Gasteiger partial charge is 0.361 e. The van der Waals surface area contributed by atoms with Crippen LogP contribution < -0.4 is 4.72 Å². The number of rotatable bonds is 5. The molecule has 0 unspecified atom stereocenters. The van der Waals surface area contributed by atoms with Crippen LogP contribution in [0.25, 0.3) is 10.9 Å². The number of aromatic nitrogens is 1. The van der Waals surface area contributed by atoms with Crippen molar-refractivity contribution in [1.82, 2.24) is 9.71 Å². The molecule has 0 spiro atoms. The third-order valence-corrected chi connectivity index (χ3v) is 6.81. The first-order chi connectivity index (χ1) is 10.5. The highest BCUT2D eigenvalue weighted by Crippen LogP contribution is 2.26. The molecule has 4 nitrogen and oxygen atoms in total. The SMILES string of the molecule is O=S(=O)(NCCc1c[nH]c2ccc(F)cc12)c1ccc(Br)s1. The predicted octanol–water partition coefficient (Wildman–Crippen LogP) is 3.65. The average Bonchev–Trinajstić information content (AvgIpc) is 3.06. The number of fused-ring (bicyclic) bond motifs is 1. The minimum atomic E-state index is -3.50. The van der Waals surface area contributed by atoms with Crippen LogP contribution in [0.2, 0.25) is 0 Å². The van der Waals surface area contributed by atoms with Gasteiger partial charge >= 0.3 is 0 Å². The molecule has 0 bridgehead atoms. The Labute approximate surface area is 139 Å². The molecule has 1 aromatic carbocycles. The van der Waals surface area contributed by atoms with E-state index in [0.29, 0.717) is 6.42 Å². The second kappa shape index (κ2) is 6.11. The summed E-state index contributed by atoms with van der Waals surface area (Å²) in [7, 11) is -3.50. The molecule has 22 heavy (non-hydrogen) atoms. The lowest BCUT2D eigenvalue weighted by Gasteiger charge is -2.04. The summed E-state index contributed by atoms with van der Waals surface area (Å²) in [5, 5.41) is 0.776. The minimum Gasteiger partial charge on any atom is -0.361 e. The highest BCUT2D eigenvalue weighted by atomic mass is 79.9. The summed E-state index contributed by atoms with van der Waals surface area (Å²) in [5.74, 6) is -0.308. The molecule has 116 valence electrons. The maximum absolute atomic E-state index is 13.3. The lowest BCUT2D eigenvalue weighted by atomic mass is 10.1. The van der Waals surface area contributed by atoms with Crippen LogP contribution in [0.5, 0.6) is 0 Å². The van der Waals surface area contributed by atoms with E-state index in [1.807, 2.05) is 0 Å². The number of hydrogen-bond acceptors (Lipinski definition) is 3. The predicted molar refractivity (Wildman–Crippen MR) is 89.2 cm³/mol. The second-order valence-corrected chi connectivity index (χ2v) is 9.17. The summed E-state index contributed by atoms with van der Waals surface area (Å²) in [5.41, 5.74) is 1.71. The Hall–Kier alpha value is -1.22. The molecule has 3 aromatic rings. The lowest BCUT2D eigenvalue weighted by Crippen LogP contribution is -2.25. The van der Waals surface area contributed by atoms with E-state index in [1.54, 1.807) is 24.4 Å². The second-order valence-electron chi connectivity index (χ2n) is 4.71. The zero-order chi connectivity index (χ0) is 15.7. The van der Waals surface area contributed by atoms with Crippen molar-refractivity contribution in [3.8, 4) is 0 Å². The molecule has 0 aliphatic carbocycles. The standard InChI is InChI=1S/C14H12BrFN2O2S2/c15-13-3-4-14(21-13)22(19,20)18-6-5-9-8-17-12-2-1-10(16)7-11(9)12/h1-4,7-8,17-18H,5-6H2. The maximum atomic E-state index is 13.3. The van der Waals surface area contributed by atoms with Gasteiger partial charge in [0.1, 0.15) is 10.0 Å². The van der Waals surface area contributed by atoms with Gasteiger partial charge in [-0.05, 0) is 58.2 Å². The van der Waals surface area contributed by atoms with Crippen LogP contribution in [0.15, 0.2) is 44.5 Å². The molecule has 2 N–H and O–H groups in total. The molecule has 0 fully saturated rings. The van der Waals surface area contributed by atoms with Gasteiger partial charge < -0.3 is 4.98 Å². The fraction of sp³-hybridized carbons (Fsp3) is 0.143. The smallest absolute Gasteiger partial charge is 0.250 e. The van der Waals surface area contributed by atoms with Gasteiger partial charge in [-0.25, -0.2) is 17.5 Å². The Morgan fingerprint density at radius 1 is 1.27 bits per heavy atom. The Kier molecular flexibility index (Phi) is 4.35. The van der Waals surface area contributed by atoms with E-state index >= 15 is 0 Å². The summed E-state index contributed by atoms with van der Waals surface area (Å²) >= 11 is 4.40. The Bertz CT molecular complexity index is 918. The van der Waals surface area contributed by atoms with E-state index < -0.39 is 10.0 Å². The molecular formula is C14H12BrFN2O2S2. The number of nitrogens with one attached hydrogen (secondary N) is 2. The Morgan fingerprint density at radius 2 is 2.09 bits per heavy atom. The summed E-state index contributed by atoms with van der Waals surface area (Å²) in [4.78, 5) is 3.05. The molecular weight excluding hydrogens is 391 g/mol. The van der Waals surface area contributed by atoms with Gasteiger partial charge in [-0.15, -0.1) is 11.3 Å². The quantitative estimate of drug-likeness (QED) is 0.683. The van der Waals surface area contributed by atoms with Crippen LogP contribution in [0.1, 0.15) is 5.56 Å². The third kappa shape index (κ3) is 3.24. The fourth-order valence-corrected chi connectivity index (χ4v) is 5.28. The van der Waals surface area contributed by atoms with Crippen molar-refractivity contribution in [2.45, 2.75) is 10.6 Å². The maximum Gasteiger partial charge on any atom is 0.250 e. The fourth-order valence-electron chi connectivity index (χ4n) is 2.19. The normalized spacial score (nSPS) is 12.1. The van der Waals surface area contributed by atoms with Gasteiger partial charge in [0.25, 0.3) is 0 Å².